The number of hydrogen-bond acceptors (Lipinski definition) is 5. The van der Waals surface area contributed by atoms with Gasteiger partial charge in [-0.25, -0.2) is 5.43 Å². The van der Waals surface area contributed by atoms with Crippen LogP contribution in [0.4, 0.5) is 0 Å². The summed E-state index contributed by atoms with van der Waals surface area (Å²) in [6.07, 6.45) is 6.51. The molecule has 0 amide bonds. The molecule has 1 aromatic heterocycles. The molecule has 0 spiro atoms. The van der Waals surface area contributed by atoms with Gasteiger partial charge in [0.15, 0.2) is 5.75 Å². The van der Waals surface area contributed by atoms with Crippen molar-refractivity contribution in [2.45, 2.75) is 50.7 Å². The predicted molar refractivity (Wildman–Crippen MR) is 79.4 cm³/mol. The van der Waals surface area contributed by atoms with Crippen molar-refractivity contribution in [2.75, 3.05) is 21.2 Å². The summed E-state index contributed by atoms with van der Waals surface area (Å²) in [5, 5.41) is 4.41. The molecule has 1 atom stereocenters. The lowest BCUT2D eigenvalue weighted by Gasteiger charge is -2.43. The maximum Gasteiger partial charge on any atom is 0.161 e. The van der Waals surface area contributed by atoms with Crippen molar-refractivity contribution in [1.82, 2.24) is 20.1 Å². The minimum Gasteiger partial charge on any atom is -0.493 e. The zero-order valence-corrected chi connectivity index (χ0v) is 13.0. The SMILES string of the molecule is CCn1ncc(OC)c1C(NN)C1(N(C)C)CCCC1. The van der Waals surface area contributed by atoms with Crippen LogP contribution in [-0.2, 0) is 6.54 Å². The van der Waals surface area contributed by atoms with Crippen LogP contribution < -0.4 is 16.0 Å². The van der Waals surface area contributed by atoms with Gasteiger partial charge in [0.25, 0.3) is 0 Å². The van der Waals surface area contributed by atoms with Gasteiger partial charge >= 0.3 is 0 Å². The molecule has 3 N–H and O–H groups in total. The first-order valence-electron chi connectivity index (χ1n) is 7.34. The van der Waals surface area contributed by atoms with E-state index in [9.17, 15) is 0 Å². The molecule has 6 heteroatoms. The molecule has 6 nitrogen and oxygen atoms in total. The van der Waals surface area contributed by atoms with E-state index < -0.39 is 0 Å². The molecule has 20 heavy (non-hydrogen) atoms. The molecule has 1 heterocycles. The van der Waals surface area contributed by atoms with Gasteiger partial charge in [0, 0.05) is 12.1 Å². The van der Waals surface area contributed by atoms with E-state index in [1.807, 2.05) is 4.68 Å². The summed E-state index contributed by atoms with van der Waals surface area (Å²) in [6.45, 7) is 2.89. The number of hydrogen-bond donors (Lipinski definition) is 2. The Morgan fingerprint density at radius 3 is 2.60 bits per heavy atom. The Labute approximate surface area is 121 Å². The average molecular weight is 281 g/mol. The van der Waals surface area contributed by atoms with E-state index in [0.717, 1.165) is 30.8 Å². The summed E-state index contributed by atoms with van der Waals surface area (Å²) >= 11 is 0. The number of aryl methyl sites for hydroxylation is 1. The number of methoxy groups -OCH3 is 1. The van der Waals surface area contributed by atoms with Gasteiger partial charge in [-0.2, -0.15) is 5.10 Å². The van der Waals surface area contributed by atoms with Gasteiger partial charge in [-0.15, -0.1) is 0 Å². The van der Waals surface area contributed by atoms with Gasteiger partial charge in [-0.05, 0) is 33.9 Å². The number of ether oxygens (including phenoxy) is 1. The largest absolute Gasteiger partial charge is 0.493 e. The third-order valence-electron chi connectivity index (χ3n) is 4.70. The van der Waals surface area contributed by atoms with Crippen LogP contribution in [0, 0.1) is 0 Å². The summed E-state index contributed by atoms with van der Waals surface area (Å²) in [5.74, 6) is 6.75. The lowest BCUT2D eigenvalue weighted by Crippen LogP contribution is -2.54. The molecule has 1 aromatic rings. The van der Waals surface area contributed by atoms with Gasteiger partial charge in [-0.1, -0.05) is 12.8 Å². The topological polar surface area (TPSA) is 68.3 Å². The molecule has 1 aliphatic rings. The standard InChI is InChI=1S/C14H27N5O/c1-5-19-12(11(20-4)10-16-19)13(17-15)14(18(2)3)8-6-7-9-14/h10,13,17H,5-9,15H2,1-4H3. The maximum atomic E-state index is 5.94. The molecule has 1 saturated carbocycles. The number of hydrazine groups is 1. The molecule has 0 saturated heterocycles. The Balaban J connectivity index is 2.48. The normalized spacial score (nSPS) is 19.5. The Kier molecular flexibility index (Phi) is 4.67. The van der Waals surface area contributed by atoms with Crippen LogP contribution in [0.15, 0.2) is 6.20 Å². The van der Waals surface area contributed by atoms with Crippen molar-refractivity contribution in [2.24, 2.45) is 5.84 Å². The number of aromatic nitrogens is 2. The fraction of sp³-hybridized carbons (Fsp3) is 0.786. The molecule has 1 aliphatic carbocycles. The molecule has 0 aliphatic heterocycles. The monoisotopic (exact) mass is 281 g/mol. The summed E-state index contributed by atoms with van der Waals surface area (Å²) in [5.41, 5.74) is 4.11. The third kappa shape index (κ3) is 2.32. The van der Waals surface area contributed by atoms with Gasteiger partial charge in [0.05, 0.1) is 19.3 Å². The highest BCUT2D eigenvalue weighted by Gasteiger charge is 2.46. The molecule has 0 radical (unpaired) electrons. The number of rotatable bonds is 6. The van der Waals surface area contributed by atoms with Crippen LogP contribution in [-0.4, -0.2) is 41.4 Å². The smallest absolute Gasteiger partial charge is 0.161 e. The number of nitrogens with zero attached hydrogens (tertiary/aromatic N) is 3. The highest BCUT2D eigenvalue weighted by atomic mass is 16.5. The summed E-state index contributed by atoms with van der Waals surface area (Å²) in [7, 11) is 5.95. The van der Waals surface area contributed by atoms with Gasteiger partial charge in [0.1, 0.15) is 5.69 Å². The summed E-state index contributed by atoms with van der Waals surface area (Å²) in [4.78, 5) is 2.30. The number of nitrogens with two attached hydrogens (primary N) is 1. The van der Waals surface area contributed by atoms with E-state index >= 15 is 0 Å². The molecular weight excluding hydrogens is 254 g/mol. The first-order chi connectivity index (χ1) is 9.60. The summed E-state index contributed by atoms with van der Waals surface area (Å²) in [6, 6.07) is 0.0115. The van der Waals surface area contributed by atoms with Crippen LogP contribution in [0.5, 0.6) is 5.75 Å². The van der Waals surface area contributed by atoms with E-state index in [1.54, 1.807) is 13.3 Å². The van der Waals surface area contributed by atoms with Crippen molar-refractivity contribution in [3.05, 3.63) is 11.9 Å². The maximum absolute atomic E-state index is 5.94. The Morgan fingerprint density at radius 1 is 1.50 bits per heavy atom. The van der Waals surface area contributed by atoms with Crippen molar-refractivity contribution in [1.29, 1.82) is 0 Å². The van der Waals surface area contributed by atoms with E-state index in [0.29, 0.717) is 0 Å². The molecule has 2 rings (SSSR count). The third-order valence-corrected chi connectivity index (χ3v) is 4.70. The highest BCUT2D eigenvalue weighted by Crippen LogP contribution is 2.45. The fourth-order valence-electron chi connectivity index (χ4n) is 3.55. The number of nitrogens with one attached hydrogen (secondary N) is 1. The minimum absolute atomic E-state index is 0.0115. The van der Waals surface area contributed by atoms with Crippen LogP contribution in [0.25, 0.3) is 0 Å². The van der Waals surface area contributed by atoms with Crippen LogP contribution in [0.3, 0.4) is 0 Å². The molecule has 114 valence electrons. The molecular formula is C14H27N5O. The predicted octanol–water partition coefficient (Wildman–Crippen LogP) is 1.29. The average Bonchev–Trinajstić information content (AvgIpc) is 3.07. The van der Waals surface area contributed by atoms with E-state index in [-0.39, 0.29) is 11.6 Å². The molecule has 0 aromatic carbocycles. The number of likely N-dealkylation sites (N-methyl/N-ethyl adjacent to an activating group) is 1. The first-order valence-corrected chi connectivity index (χ1v) is 7.34. The lowest BCUT2D eigenvalue weighted by molar-refractivity contribution is 0.0986. The van der Waals surface area contributed by atoms with E-state index in [2.05, 4.69) is 36.4 Å². The van der Waals surface area contributed by atoms with Crippen LogP contribution >= 0.6 is 0 Å². The minimum atomic E-state index is 0.0115. The fourth-order valence-corrected chi connectivity index (χ4v) is 3.55. The highest BCUT2D eigenvalue weighted by molar-refractivity contribution is 5.31. The zero-order valence-electron chi connectivity index (χ0n) is 13.0. The first kappa shape index (κ1) is 15.3. The molecule has 1 unspecified atom stereocenters. The molecule has 1 fully saturated rings. The lowest BCUT2D eigenvalue weighted by atomic mass is 9.84. The Morgan fingerprint density at radius 2 is 2.15 bits per heavy atom. The second-order valence-corrected chi connectivity index (χ2v) is 5.72. The van der Waals surface area contributed by atoms with Gasteiger partial charge < -0.3 is 9.64 Å². The second kappa shape index (κ2) is 6.11. The Hall–Kier alpha value is -1.11. The van der Waals surface area contributed by atoms with Gasteiger partial charge in [0.2, 0.25) is 0 Å². The van der Waals surface area contributed by atoms with Crippen molar-refractivity contribution >= 4 is 0 Å². The van der Waals surface area contributed by atoms with E-state index in [1.165, 1.54) is 12.8 Å². The Bertz CT molecular complexity index is 415. The van der Waals surface area contributed by atoms with Crippen LogP contribution in [0.2, 0.25) is 0 Å². The van der Waals surface area contributed by atoms with Crippen molar-refractivity contribution in [3.8, 4) is 5.75 Å². The molecule has 0 bridgehead atoms. The second-order valence-electron chi connectivity index (χ2n) is 5.72. The van der Waals surface area contributed by atoms with Crippen molar-refractivity contribution < 1.29 is 4.74 Å². The van der Waals surface area contributed by atoms with Crippen LogP contribution in [0.1, 0.15) is 44.3 Å². The van der Waals surface area contributed by atoms with Crippen molar-refractivity contribution in [3.63, 3.8) is 0 Å². The zero-order chi connectivity index (χ0) is 14.8. The summed E-state index contributed by atoms with van der Waals surface area (Å²) < 4.78 is 7.48. The van der Waals surface area contributed by atoms with Gasteiger partial charge in [-0.3, -0.25) is 10.5 Å². The van der Waals surface area contributed by atoms with E-state index in [4.69, 9.17) is 10.6 Å². The quantitative estimate of drug-likeness (QED) is 0.607.